The van der Waals surface area contributed by atoms with Crippen molar-refractivity contribution in [1.82, 2.24) is 9.88 Å². The van der Waals surface area contributed by atoms with E-state index in [1.54, 1.807) is 12.3 Å². The average Bonchev–Trinajstić information content (AvgIpc) is 2.81. The molecule has 0 aromatic carbocycles. The minimum atomic E-state index is -0.0668. The quantitative estimate of drug-likeness (QED) is 0.798. The predicted octanol–water partition coefficient (Wildman–Crippen LogP) is 1.96. The number of aromatic nitrogens is 1. The number of rotatable bonds is 4. The van der Waals surface area contributed by atoms with E-state index < -0.39 is 0 Å². The molecule has 2 aliphatic rings. The van der Waals surface area contributed by atoms with Gasteiger partial charge in [-0.15, -0.1) is 6.58 Å². The molecule has 5 heteroatoms. The number of carbonyl (C=O) groups is 1. The second-order valence-electron chi connectivity index (χ2n) is 5.83. The van der Waals surface area contributed by atoms with Crippen LogP contribution in [0.3, 0.4) is 0 Å². The molecule has 0 N–H and O–H groups in total. The Morgan fingerprint density at radius 2 is 2.41 bits per heavy atom. The van der Waals surface area contributed by atoms with Crippen LogP contribution in [0.4, 0.5) is 0 Å². The fourth-order valence-electron chi connectivity index (χ4n) is 3.30. The SMILES string of the molecule is C=CCOC1C2CCC1N(C(=O)c1ccc(C)nc1)CCO2. The highest BCUT2D eigenvalue weighted by Gasteiger charge is 2.44. The summed E-state index contributed by atoms with van der Waals surface area (Å²) in [5, 5.41) is 0. The predicted molar refractivity (Wildman–Crippen MR) is 82.7 cm³/mol. The van der Waals surface area contributed by atoms with Crippen molar-refractivity contribution in [3.8, 4) is 0 Å². The van der Waals surface area contributed by atoms with Crippen LogP contribution in [0.25, 0.3) is 0 Å². The third kappa shape index (κ3) is 2.91. The Labute approximate surface area is 130 Å². The normalized spacial score (nSPS) is 27.5. The molecular weight excluding hydrogens is 280 g/mol. The Bertz CT molecular complexity index is 543. The van der Waals surface area contributed by atoms with Crippen LogP contribution in [0.5, 0.6) is 0 Å². The van der Waals surface area contributed by atoms with Crippen molar-refractivity contribution in [2.75, 3.05) is 19.8 Å². The summed E-state index contributed by atoms with van der Waals surface area (Å²) in [6, 6.07) is 3.77. The number of hydrogen-bond acceptors (Lipinski definition) is 4. The maximum Gasteiger partial charge on any atom is 0.255 e. The first-order valence-electron chi connectivity index (χ1n) is 7.78. The van der Waals surface area contributed by atoms with E-state index in [0.717, 1.165) is 18.5 Å². The lowest BCUT2D eigenvalue weighted by atomic mass is 10.1. The molecule has 22 heavy (non-hydrogen) atoms. The molecule has 3 atom stereocenters. The molecule has 3 rings (SSSR count). The molecule has 2 heterocycles. The first-order chi connectivity index (χ1) is 10.7. The van der Waals surface area contributed by atoms with E-state index in [1.165, 1.54) is 0 Å². The summed E-state index contributed by atoms with van der Waals surface area (Å²) in [4.78, 5) is 18.9. The van der Waals surface area contributed by atoms with E-state index in [9.17, 15) is 4.79 Å². The van der Waals surface area contributed by atoms with Crippen molar-refractivity contribution >= 4 is 5.91 Å². The molecule has 2 bridgehead atoms. The number of pyridine rings is 1. The van der Waals surface area contributed by atoms with Gasteiger partial charge in [0.25, 0.3) is 5.91 Å². The summed E-state index contributed by atoms with van der Waals surface area (Å²) in [7, 11) is 0. The number of ether oxygens (including phenoxy) is 2. The van der Waals surface area contributed by atoms with Crippen molar-refractivity contribution in [2.24, 2.45) is 0 Å². The van der Waals surface area contributed by atoms with E-state index in [4.69, 9.17) is 9.47 Å². The van der Waals surface area contributed by atoms with Gasteiger partial charge >= 0.3 is 0 Å². The average molecular weight is 302 g/mol. The van der Waals surface area contributed by atoms with Crippen LogP contribution in [0.15, 0.2) is 31.0 Å². The molecule has 1 amide bonds. The lowest BCUT2D eigenvalue weighted by molar-refractivity contribution is -0.0434. The molecule has 118 valence electrons. The molecule has 1 aromatic rings. The summed E-state index contributed by atoms with van der Waals surface area (Å²) in [6.07, 6.45) is 5.25. The van der Waals surface area contributed by atoms with Gasteiger partial charge in [-0.2, -0.15) is 0 Å². The van der Waals surface area contributed by atoms with Crippen molar-refractivity contribution < 1.29 is 14.3 Å². The van der Waals surface area contributed by atoms with Crippen LogP contribution in [-0.4, -0.2) is 53.8 Å². The van der Waals surface area contributed by atoms with Gasteiger partial charge in [0.15, 0.2) is 0 Å². The van der Waals surface area contributed by atoms with Crippen LogP contribution < -0.4 is 0 Å². The molecule has 2 fully saturated rings. The van der Waals surface area contributed by atoms with E-state index in [1.807, 2.05) is 24.0 Å². The van der Waals surface area contributed by atoms with Crippen LogP contribution >= 0.6 is 0 Å². The molecule has 1 saturated carbocycles. The second-order valence-corrected chi connectivity index (χ2v) is 5.83. The zero-order valence-electron chi connectivity index (χ0n) is 12.9. The maximum atomic E-state index is 12.8. The van der Waals surface area contributed by atoms with Gasteiger partial charge in [0.05, 0.1) is 30.9 Å². The van der Waals surface area contributed by atoms with E-state index in [-0.39, 0.29) is 24.2 Å². The van der Waals surface area contributed by atoms with Gasteiger partial charge in [-0.1, -0.05) is 6.08 Å². The van der Waals surface area contributed by atoms with Crippen LogP contribution in [0.2, 0.25) is 0 Å². The van der Waals surface area contributed by atoms with Gasteiger partial charge < -0.3 is 14.4 Å². The lowest BCUT2D eigenvalue weighted by Gasteiger charge is -2.31. The zero-order chi connectivity index (χ0) is 15.5. The Hall–Kier alpha value is -1.72. The van der Waals surface area contributed by atoms with Crippen molar-refractivity contribution in [2.45, 2.75) is 38.0 Å². The molecule has 3 unspecified atom stereocenters. The monoisotopic (exact) mass is 302 g/mol. The minimum absolute atomic E-state index is 0.0100. The number of nitrogens with zero attached hydrogens (tertiary/aromatic N) is 2. The Kier molecular flexibility index (Phi) is 4.55. The van der Waals surface area contributed by atoms with Gasteiger partial charge in [0, 0.05) is 18.4 Å². The Morgan fingerprint density at radius 3 is 3.14 bits per heavy atom. The molecule has 1 aromatic heterocycles. The van der Waals surface area contributed by atoms with Crippen molar-refractivity contribution in [3.05, 3.63) is 42.2 Å². The van der Waals surface area contributed by atoms with Gasteiger partial charge in [-0.25, -0.2) is 0 Å². The zero-order valence-corrected chi connectivity index (χ0v) is 12.9. The number of aryl methyl sites for hydroxylation is 1. The van der Waals surface area contributed by atoms with E-state index in [0.29, 0.717) is 25.3 Å². The summed E-state index contributed by atoms with van der Waals surface area (Å²) in [5.74, 6) is 0.0100. The summed E-state index contributed by atoms with van der Waals surface area (Å²) in [6.45, 7) is 7.24. The van der Waals surface area contributed by atoms with Crippen LogP contribution in [-0.2, 0) is 9.47 Å². The maximum absolute atomic E-state index is 12.8. The van der Waals surface area contributed by atoms with Crippen molar-refractivity contribution in [3.63, 3.8) is 0 Å². The molecule has 5 nitrogen and oxygen atoms in total. The van der Waals surface area contributed by atoms with E-state index in [2.05, 4.69) is 11.6 Å². The summed E-state index contributed by atoms with van der Waals surface area (Å²) in [5.41, 5.74) is 1.53. The minimum Gasteiger partial charge on any atom is -0.374 e. The summed E-state index contributed by atoms with van der Waals surface area (Å²) < 4.78 is 11.8. The second kappa shape index (κ2) is 6.58. The summed E-state index contributed by atoms with van der Waals surface area (Å²) >= 11 is 0. The highest BCUT2D eigenvalue weighted by molar-refractivity contribution is 5.94. The van der Waals surface area contributed by atoms with E-state index >= 15 is 0 Å². The smallest absolute Gasteiger partial charge is 0.255 e. The standard InChI is InChI=1S/C17H22N2O3/c1-3-9-22-16-14-6-7-15(16)21-10-8-19(14)17(20)13-5-4-12(2)18-11-13/h3-5,11,14-16H,1,6-10H2,2H3. The fraction of sp³-hybridized carbons (Fsp3) is 0.529. The number of amides is 1. The molecule has 1 saturated heterocycles. The Balaban J connectivity index is 1.80. The molecular formula is C17H22N2O3. The highest BCUT2D eigenvalue weighted by Crippen LogP contribution is 2.32. The Morgan fingerprint density at radius 1 is 1.55 bits per heavy atom. The largest absolute Gasteiger partial charge is 0.374 e. The van der Waals surface area contributed by atoms with Gasteiger partial charge in [-0.3, -0.25) is 9.78 Å². The van der Waals surface area contributed by atoms with Gasteiger partial charge in [0.1, 0.15) is 6.10 Å². The van der Waals surface area contributed by atoms with Crippen LogP contribution in [0, 0.1) is 6.92 Å². The third-order valence-corrected chi connectivity index (χ3v) is 4.38. The number of carbonyl (C=O) groups excluding carboxylic acids is 1. The van der Waals surface area contributed by atoms with Gasteiger partial charge in [0.2, 0.25) is 0 Å². The number of hydrogen-bond donors (Lipinski definition) is 0. The van der Waals surface area contributed by atoms with Gasteiger partial charge in [-0.05, 0) is 31.9 Å². The molecule has 1 aliphatic heterocycles. The molecule has 0 radical (unpaired) electrons. The van der Waals surface area contributed by atoms with Crippen LogP contribution in [0.1, 0.15) is 28.9 Å². The topological polar surface area (TPSA) is 51.7 Å². The first kappa shape index (κ1) is 15.2. The molecule has 0 spiro atoms. The highest BCUT2D eigenvalue weighted by atomic mass is 16.5. The van der Waals surface area contributed by atoms with Crippen molar-refractivity contribution in [1.29, 1.82) is 0 Å². The first-order valence-corrected chi connectivity index (χ1v) is 7.78. The lowest BCUT2D eigenvalue weighted by Crippen LogP contribution is -2.46. The fourth-order valence-corrected chi connectivity index (χ4v) is 3.30. The number of fused-ring (bicyclic) bond motifs is 2. The molecule has 1 aliphatic carbocycles. The third-order valence-electron chi connectivity index (χ3n) is 4.38.